The van der Waals surface area contributed by atoms with Crippen LogP contribution in [0.2, 0.25) is 5.02 Å². The number of carboxylic acids is 1. The molecule has 2 heterocycles. The molecule has 3 rings (SSSR count). The second-order valence-electron chi connectivity index (χ2n) is 5.78. The molecule has 0 radical (unpaired) electrons. The molecule has 0 aliphatic carbocycles. The van der Waals surface area contributed by atoms with E-state index in [2.05, 4.69) is 15.6 Å². The summed E-state index contributed by atoms with van der Waals surface area (Å²) >= 11 is 5.99. The van der Waals surface area contributed by atoms with Gasteiger partial charge in [0.2, 0.25) is 0 Å². The van der Waals surface area contributed by atoms with E-state index in [0.717, 1.165) is 36.0 Å². The van der Waals surface area contributed by atoms with Gasteiger partial charge in [-0.05, 0) is 43.7 Å². The average Bonchev–Trinajstić information content (AvgIpc) is 3.15. The van der Waals surface area contributed by atoms with Crippen LogP contribution in [0, 0.1) is 6.92 Å². The normalized spacial score (nSPS) is 16.9. The molecule has 26 heavy (non-hydrogen) atoms. The highest BCUT2D eigenvalue weighted by Gasteiger charge is 2.38. The number of aromatic nitrogens is 1. The maximum absolute atomic E-state index is 12.3. The van der Waals surface area contributed by atoms with Crippen molar-refractivity contribution in [2.24, 2.45) is 0 Å². The van der Waals surface area contributed by atoms with Gasteiger partial charge in [0.25, 0.3) is 5.91 Å². The lowest BCUT2D eigenvalue weighted by Crippen LogP contribution is -2.36. The lowest BCUT2D eigenvalue weighted by Gasteiger charge is -2.10. The second-order valence-corrected chi connectivity index (χ2v) is 6.22. The second kappa shape index (κ2) is 7.96. The number of carbonyl (C=O) groups is 2. The molecule has 1 saturated heterocycles. The van der Waals surface area contributed by atoms with Gasteiger partial charge in [-0.1, -0.05) is 11.6 Å². The number of hydrogen-bond acceptors (Lipinski definition) is 3. The van der Waals surface area contributed by atoms with Crippen LogP contribution in [0.1, 0.15) is 22.5 Å². The number of rotatable bonds is 2. The van der Waals surface area contributed by atoms with Crippen molar-refractivity contribution >= 4 is 34.4 Å². The van der Waals surface area contributed by atoms with Crippen LogP contribution in [0.4, 0.5) is 13.2 Å². The Morgan fingerprint density at radius 1 is 1.35 bits per heavy atom. The van der Waals surface area contributed by atoms with Crippen LogP contribution in [0.15, 0.2) is 18.2 Å². The van der Waals surface area contributed by atoms with Crippen molar-refractivity contribution in [3.8, 4) is 0 Å². The summed E-state index contributed by atoms with van der Waals surface area (Å²) in [5.74, 6) is -2.80. The molecule has 1 aliphatic rings. The third kappa shape index (κ3) is 4.89. The lowest BCUT2D eigenvalue weighted by atomic mass is 10.1. The van der Waals surface area contributed by atoms with Crippen molar-refractivity contribution in [3.63, 3.8) is 0 Å². The minimum atomic E-state index is -5.08. The number of alkyl halides is 3. The van der Waals surface area contributed by atoms with Gasteiger partial charge in [-0.25, -0.2) is 4.79 Å². The molecule has 10 heteroatoms. The summed E-state index contributed by atoms with van der Waals surface area (Å²) in [5, 5.41) is 15.1. The van der Waals surface area contributed by atoms with Crippen LogP contribution in [-0.4, -0.2) is 47.3 Å². The quantitative estimate of drug-likeness (QED) is 0.633. The van der Waals surface area contributed by atoms with Crippen molar-refractivity contribution in [2.75, 3.05) is 13.1 Å². The van der Waals surface area contributed by atoms with E-state index in [9.17, 15) is 18.0 Å². The highest BCUT2D eigenvalue weighted by molar-refractivity contribution is 6.31. The first kappa shape index (κ1) is 20.1. The van der Waals surface area contributed by atoms with Crippen molar-refractivity contribution in [2.45, 2.75) is 25.6 Å². The standard InChI is InChI=1S/C14H16ClN3O.C2HF3O2/c1-8-11-6-9(15)2-3-12(11)18-13(8)14(19)17-10-4-5-16-7-10;3-2(4,5)1(6)7/h2-3,6,10,16,18H,4-5,7H2,1H3,(H,17,19);(H,6,7)/t10-;/m1./s1. The molecule has 1 aliphatic heterocycles. The Morgan fingerprint density at radius 3 is 2.54 bits per heavy atom. The van der Waals surface area contributed by atoms with Gasteiger partial charge < -0.3 is 20.7 Å². The number of carboxylic acid groups (broad SMARTS) is 1. The van der Waals surface area contributed by atoms with Crippen LogP contribution in [0.3, 0.4) is 0 Å². The van der Waals surface area contributed by atoms with Gasteiger partial charge in [0.05, 0.1) is 0 Å². The SMILES string of the molecule is Cc1c(C(=O)N[C@@H]2CCNC2)[nH]c2ccc(Cl)cc12.O=C(O)C(F)(F)F. The molecule has 0 spiro atoms. The third-order valence-corrected chi connectivity index (χ3v) is 4.12. The number of hydrogen-bond donors (Lipinski definition) is 4. The van der Waals surface area contributed by atoms with E-state index < -0.39 is 12.1 Å². The molecule has 6 nitrogen and oxygen atoms in total. The number of H-pyrrole nitrogens is 1. The van der Waals surface area contributed by atoms with E-state index in [1.165, 1.54) is 0 Å². The minimum absolute atomic E-state index is 0.0430. The zero-order chi connectivity index (χ0) is 19.5. The smallest absolute Gasteiger partial charge is 0.475 e. The predicted octanol–water partition coefficient (Wildman–Crippen LogP) is 2.85. The predicted molar refractivity (Wildman–Crippen MR) is 90.5 cm³/mol. The summed E-state index contributed by atoms with van der Waals surface area (Å²) < 4.78 is 31.7. The lowest BCUT2D eigenvalue weighted by molar-refractivity contribution is -0.192. The average molecular weight is 392 g/mol. The Balaban J connectivity index is 0.000000298. The number of nitrogens with one attached hydrogen (secondary N) is 3. The molecule has 1 fully saturated rings. The summed E-state index contributed by atoms with van der Waals surface area (Å²) in [6, 6.07) is 5.83. The number of aromatic amines is 1. The van der Waals surface area contributed by atoms with Crippen molar-refractivity contribution < 1.29 is 27.9 Å². The molecule has 0 unspecified atom stereocenters. The number of benzene rings is 1. The Hall–Kier alpha value is -2.26. The van der Waals surface area contributed by atoms with Crippen molar-refractivity contribution in [1.29, 1.82) is 0 Å². The van der Waals surface area contributed by atoms with Crippen molar-refractivity contribution in [1.82, 2.24) is 15.6 Å². The van der Waals surface area contributed by atoms with Gasteiger partial charge in [-0.15, -0.1) is 0 Å². The molecule has 0 saturated carbocycles. The maximum Gasteiger partial charge on any atom is 0.490 e. The van der Waals surface area contributed by atoms with Crippen LogP contribution < -0.4 is 10.6 Å². The Kier molecular flexibility index (Phi) is 6.14. The molecular weight excluding hydrogens is 375 g/mol. The van der Waals surface area contributed by atoms with Crippen LogP contribution >= 0.6 is 11.6 Å². The zero-order valence-corrected chi connectivity index (χ0v) is 14.5. The fourth-order valence-corrected chi connectivity index (χ4v) is 2.73. The number of halogens is 4. The van der Waals surface area contributed by atoms with E-state index in [0.29, 0.717) is 10.7 Å². The number of fused-ring (bicyclic) bond motifs is 1. The van der Waals surface area contributed by atoms with Crippen LogP contribution in [0.25, 0.3) is 10.9 Å². The van der Waals surface area contributed by atoms with E-state index in [-0.39, 0.29) is 11.9 Å². The van der Waals surface area contributed by atoms with E-state index in [1.807, 2.05) is 25.1 Å². The highest BCUT2D eigenvalue weighted by atomic mass is 35.5. The first-order valence-corrected chi connectivity index (χ1v) is 8.07. The molecule has 1 atom stereocenters. The number of amides is 1. The molecule has 2 aromatic rings. The molecule has 1 aromatic heterocycles. The summed E-state index contributed by atoms with van der Waals surface area (Å²) in [5.41, 5.74) is 2.52. The van der Waals surface area contributed by atoms with Gasteiger partial charge in [0, 0.05) is 28.5 Å². The van der Waals surface area contributed by atoms with E-state index >= 15 is 0 Å². The summed E-state index contributed by atoms with van der Waals surface area (Å²) in [6.45, 7) is 3.75. The van der Waals surface area contributed by atoms with Gasteiger partial charge in [0.15, 0.2) is 0 Å². The summed E-state index contributed by atoms with van der Waals surface area (Å²) in [6.07, 6.45) is -4.10. The van der Waals surface area contributed by atoms with Gasteiger partial charge in [0.1, 0.15) is 5.69 Å². The fourth-order valence-electron chi connectivity index (χ4n) is 2.56. The minimum Gasteiger partial charge on any atom is -0.475 e. The van der Waals surface area contributed by atoms with Crippen LogP contribution in [0.5, 0.6) is 0 Å². The van der Waals surface area contributed by atoms with Gasteiger partial charge in [-0.2, -0.15) is 13.2 Å². The maximum atomic E-state index is 12.3. The topological polar surface area (TPSA) is 94.2 Å². The first-order chi connectivity index (χ1) is 12.1. The van der Waals surface area contributed by atoms with E-state index in [4.69, 9.17) is 21.5 Å². The summed E-state index contributed by atoms with van der Waals surface area (Å²) in [7, 11) is 0. The third-order valence-electron chi connectivity index (χ3n) is 3.89. The number of aryl methyl sites for hydroxylation is 1. The first-order valence-electron chi connectivity index (χ1n) is 7.69. The van der Waals surface area contributed by atoms with Crippen molar-refractivity contribution in [3.05, 3.63) is 34.5 Å². The number of carbonyl (C=O) groups excluding carboxylic acids is 1. The number of aliphatic carboxylic acids is 1. The molecular formula is C16H17ClF3N3O3. The Morgan fingerprint density at radius 2 is 2.00 bits per heavy atom. The molecule has 0 bridgehead atoms. The summed E-state index contributed by atoms with van der Waals surface area (Å²) in [4.78, 5) is 24.3. The molecule has 1 amide bonds. The van der Waals surface area contributed by atoms with Gasteiger partial charge in [-0.3, -0.25) is 4.79 Å². The Labute approximate surface area is 151 Å². The zero-order valence-electron chi connectivity index (χ0n) is 13.7. The largest absolute Gasteiger partial charge is 0.490 e. The van der Waals surface area contributed by atoms with Crippen LogP contribution in [-0.2, 0) is 4.79 Å². The van der Waals surface area contributed by atoms with Gasteiger partial charge >= 0.3 is 12.1 Å². The molecule has 1 aromatic carbocycles. The molecule has 142 valence electrons. The highest BCUT2D eigenvalue weighted by Crippen LogP contribution is 2.25. The monoisotopic (exact) mass is 391 g/mol. The fraction of sp³-hybridized carbons (Fsp3) is 0.375. The van der Waals surface area contributed by atoms with E-state index in [1.54, 1.807) is 0 Å². The molecule has 4 N–H and O–H groups in total. The Bertz CT molecular complexity index is 814.